The Morgan fingerprint density at radius 2 is 2.07 bits per heavy atom. The summed E-state index contributed by atoms with van der Waals surface area (Å²) in [5.41, 5.74) is 2.65. The second-order valence-corrected chi connectivity index (χ2v) is 3.42. The van der Waals surface area contributed by atoms with Crippen LogP contribution < -0.4 is 5.32 Å². The summed E-state index contributed by atoms with van der Waals surface area (Å²) < 4.78 is 2.28. The standard InChI is InChI=1S/C11H14N2.Pt/c1-10-5-2-3-6-11(10)13-8-4-7-12-9-13;/h2-3,5-6,9H,4,7-8H2,1H3;/p+1. The van der Waals surface area contributed by atoms with Crippen LogP contribution in [0.4, 0.5) is 5.69 Å². The fourth-order valence-electron chi connectivity index (χ4n) is 1.67. The molecule has 0 radical (unpaired) electrons. The minimum atomic E-state index is 0. The molecule has 1 aromatic rings. The Hall–Kier alpha value is -0.622. The van der Waals surface area contributed by atoms with Crippen LogP contribution in [0.25, 0.3) is 0 Å². The monoisotopic (exact) mass is 370 g/mol. The summed E-state index contributed by atoms with van der Waals surface area (Å²) in [6.07, 6.45) is 3.29. The van der Waals surface area contributed by atoms with Gasteiger partial charge in [-0.15, -0.1) is 0 Å². The normalized spacial score (nSPS) is 15.1. The van der Waals surface area contributed by atoms with Gasteiger partial charge in [-0.2, -0.15) is 0 Å². The minimum Gasteiger partial charge on any atom is -0.281 e. The van der Waals surface area contributed by atoms with Crippen molar-refractivity contribution in [1.29, 1.82) is 0 Å². The van der Waals surface area contributed by atoms with Crippen molar-refractivity contribution in [1.82, 2.24) is 5.32 Å². The molecule has 14 heavy (non-hydrogen) atoms. The van der Waals surface area contributed by atoms with Crippen molar-refractivity contribution < 1.29 is 25.6 Å². The van der Waals surface area contributed by atoms with Gasteiger partial charge in [0, 0.05) is 27.5 Å². The van der Waals surface area contributed by atoms with Gasteiger partial charge in [-0.05, 0) is 18.6 Å². The van der Waals surface area contributed by atoms with E-state index in [0.29, 0.717) is 0 Å². The molecule has 1 aromatic carbocycles. The van der Waals surface area contributed by atoms with E-state index in [1.807, 2.05) is 0 Å². The second kappa shape index (κ2) is 5.31. The van der Waals surface area contributed by atoms with E-state index in [-0.39, 0.29) is 21.1 Å². The molecular weight excluding hydrogens is 355 g/mol. The third kappa shape index (κ3) is 2.45. The Morgan fingerprint density at radius 3 is 2.71 bits per heavy atom. The quantitative estimate of drug-likeness (QED) is 0.744. The van der Waals surface area contributed by atoms with E-state index in [2.05, 4.69) is 47.4 Å². The Balaban J connectivity index is 0.000000980. The molecule has 0 aromatic heterocycles. The van der Waals surface area contributed by atoms with Gasteiger partial charge >= 0.3 is 0 Å². The van der Waals surface area contributed by atoms with Gasteiger partial charge < -0.3 is 0 Å². The number of aryl methyl sites for hydroxylation is 1. The van der Waals surface area contributed by atoms with Crippen molar-refractivity contribution in [3.05, 3.63) is 29.8 Å². The van der Waals surface area contributed by atoms with Gasteiger partial charge in [-0.3, -0.25) is 5.32 Å². The van der Waals surface area contributed by atoms with Crippen LogP contribution >= 0.6 is 0 Å². The van der Waals surface area contributed by atoms with Crippen molar-refractivity contribution in [3.63, 3.8) is 0 Å². The minimum absolute atomic E-state index is 0. The molecule has 1 N–H and O–H groups in total. The zero-order valence-electron chi connectivity index (χ0n) is 8.27. The number of rotatable bonds is 1. The molecule has 0 aliphatic carbocycles. The summed E-state index contributed by atoms with van der Waals surface area (Å²) in [5.74, 6) is 0. The molecule has 1 heterocycles. The molecule has 0 bridgehead atoms. The van der Waals surface area contributed by atoms with Crippen LogP contribution in [-0.2, 0) is 21.1 Å². The van der Waals surface area contributed by atoms with E-state index in [1.165, 1.54) is 17.7 Å². The Kier molecular flexibility index (Phi) is 4.34. The maximum Gasteiger partial charge on any atom is 0.237 e. The molecule has 0 amide bonds. The first kappa shape index (κ1) is 11.5. The third-order valence-electron chi connectivity index (χ3n) is 2.39. The average molecular weight is 370 g/mol. The molecule has 0 spiro atoms. The van der Waals surface area contributed by atoms with E-state index in [1.54, 1.807) is 0 Å². The predicted molar refractivity (Wildman–Crippen MR) is 54.7 cm³/mol. The van der Waals surface area contributed by atoms with Crippen LogP contribution in [0.2, 0.25) is 0 Å². The number of benzene rings is 1. The molecule has 0 saturated carbocycles. The molecule has 0 fully saturated rings. The predicted octanol–water partition coefficient (Wildman–Crippen LogP) is 1.66. The van der Waals surface area contributed by atoms with Crippen molar-refractivity contribution >= 4 is 12.0 Å². The van der Waals surface area contributed by atoms with Crippen molar-refractivity contribution in [2.45, 2.75) is 13.3 Å². The summed E-state index contributed by atoms with van der Waals surface area (Å²) in [4.78, 5) is 0. The number of para-hydroxylation sites is 1. The topological polar surface area (TPSA) is 15.0 Å². The summed E-state index contributed by atoms with van der Waals surface area (Å²) in [6, 6.07) is 8.48. The largest absolute Gasteiger partial charge is 0.281 e. The van der Waals surface area contributed by atoms with Gasteiger partial charge in [-0.25, -0.2) is 4.58 Å². The molecule has 1 aliphatic heterocycles. The van der Waals surface area contributed by atoms with E-state index in [9.17, 15) is 0 Å². The van der Waals surface area contributed by atoms with E-state index < -0.39 is 0 Å². The smallest absolute Gasteiger partial charge is 0.237 e. The average Bonchev–Trinajstić information content (AvgIpc) is 2.20. The Bertz CT molecular complexity index is 334. The molecule has 2 nitrogen and oxygen atoms in total. The molecule has 2 rings (SSSR count). The summed E-state index contributed by atoms with van der Waals surface area (Å²) in [7, 11) is 0. The first-order chi connectivity index (χ1) is 6.38. The second-order valence-electron chi connectivity index (χ2n) is 3.42. The SMILES string of the molecule is Cc1ccccc1[N+]1=CNCCC1.[Pt]. The number of nitrogens with one attached hydrogen (secondary N) is 1. The fourth-order valence-corrected chi connectivity index (χ4v) is 1.67. The van der Waals surface area contributed by atoms with E-state index in [4.69, 9.17) is 0 Å². The zero-order chi connectivity index (χ0) is 9.10. The van der Waals surface area contributed by atoms with Gasteiger partial charge in [0.15, 0.2) is 0 Å². The Labute approximate surface area is 99.3 Å². The van der Waals surface area contributed by atoms with Crippen LogP contribution in [0.1, 0.15) is 12.0 Å². The maximum atomic E-state index is 3.26. The van der Waals surface area contributed by atoms with Crippen LogP contribution in [0.5, 0.6) is 0 Å². The molecule has 0 unspecified atom stereocenters. The zero-order valence-corrected chi connectivity index (χ0v) is 10.5. The molecule has 0 saturated heterocycles. The van der Waals surface area contributed by atoms with Gasteiger partial charge in [0.2, 0.25) is 6.34 Å². The molecule has 78 valence electrons. The van der Waals surface area contributed by atoms with Crippen LogP contribution in [-0.4, -0.2) is 24.0 Å². The van der Waals surface area contributed by atoms with Gasteiger partial charge in [0.25, 0.3) is 0 Å². The summed E-state index contributed by atoms with van der Waals surface area (Å²) in [6.45, 7) is 4.37. The molecule has 1 aliphatic rings. The summed E-state index contributed by atoms with van der Waals surface area (Å²) >= 11 is 0. The summed E-state index contributed by atoms with van der Waals surface area (Å²) in [5, 5.41) is 3.26. The number of hydrogen-bond acceptors (Lipinski definition) is 1. The van der Waals surface area contributed by atoms with E-state index in [0.717, 1.165) is 13.1 Å². The van der Waals surface area contributed by atoms with Crippen LogP contribution in [0.3, 0.4) is 0 Å². The molecule has 0 atom stereocenters. The maximum absolute atomic E-state index is 3.26. The van der Waals surface area contributed by atoms with Crippen LogP contribution in [0, 0.1) is 6.92 Å². The van der Waals surface area contributed by atoms with Crippen LogP contribution in [0.15, 0.2) is 24.3 Å². The number of nitrogens with zero attached hydrogens (tertiary/aromatic N) is 1. The Morgan fingerprint density at radius 1 is 1.29 bits per heavy atom. The van der Waals surface area contributed by atoms with Crippen molar-refractivity contribution in [2.24, 2.45) is 0 Å². The van der Waals surface area contributed by atoms with Gasteiger partial charge in [-0.1, -0.05) is 18.2 Å². The molecule has 3 heteroatoms. The van der Waals surface area contributed by atoms with Gasteiger partial charge in [0.05, 0.1) is 13.1 Å². The number of hydrogen-bond donors (Lipinski definition) is 1. The first-order valence-corrected chi connectivity index (χ1v) is 4.77. The van der Waals surface area contributed by atoms with Crippen molar-refractivity contribution in [3.8, 4) is 0 Å². The molecular formula is C11H15N2Pt+. The first-order valence-electron chi connectivity index (χ1n) is 4.77. The fraction of sp³-hybridized carbons (Fsp3) is 0.364. The van der Waals surface area contributed by atoms with Gasteiger partial charge in [0.1, 0.15) is 5.69 Å². The third-order valence-corrected chi connectivity index (χ3v) is 2.39. The van der Waals surface area contributed by atoms with Crippen molar-refractivity contribution in [2.75, 3.05) is 13.1 Å². The van der Waals surface area contributed by atoms with E-state index >= 15 is 0 Å².